The van der Waals surface area contributed by atoms with Crippen LogP contribution in [0.1, 0.15) is 29.3 Å². The minimum Gasteiger partial charge on any atom is -0.495 e. The minimum atomic E-state index is -0.200. The van der Waals surface area contributed by atoms with Gasteiger partial charge in [0.15, 0.2) is 0 Å². The van der Waals surface area contributed by atoms with Crippen LogP contribution in [0.3, 0.4) is 0 Å². The number of hydrogen-bond donors (Lipinski definition) is 1. The standard InChI is InChI=1S/C21H26N6O3/c1-13-9-24-26(2)19(13)11-23-18-8-20(25-27(3)21(18)28)30-12-14-7-16(14)17-6-5-15(29-4)10-22-17/h5-6,8-10,14,16,23H,7,11-12H2,1-4H3/t14-,16+/m1/s1. The molecule has 30 heavy (non-hydrogen) atoms. The topological polar surface area (TPSA) is 96.1 Å². The van der Waals surface area contributed by atoms with Crippen molar-refractivity contribution in [3.05, 3.63) is 57.9 Å². The van der Waals surface area contributed by atoms with E-state index in [1.807, 2.05) is 26.1 Å². The highest BCUT2D eigenvalue weighted by atomic mass is 16.5. The van der Waals surface area contributed by atoms with Crippen LogP contribution in [0.25, 0.3) is 0 Å². The molecular formula is C21H26N6O3. The normalized spacial score (nSPS) is 17.6. The molecule has 0 amide bonds. The van der Waals surface area contributed by atoms with Gasteiger partial charge in [-0.25, -0.2) is 4.68 Å². The summed E-state index contributed by atoms with van der Waals surface area (Å²) in [6, 6.07) is 5.59. The van der Waals surface area contributed by atoms with Gasteiger partial charge in [0.2, 0.25) is 5.88 Å². The number of methoxy groups -OCH3 is 1. The van der Waals surface area contributed by atoms with E-state index in [-0.39, 0.29) is 5.56 Å². The second-order valence-corrected chi connectivity index (χ2v) is 7.61. The molecule has 158 valence electrons. The molecule has 0 saturated heterocycles. The first-order chi connectivity index (χ1) is 14.5. The summed E-state index contributed by atoms with van der Waals surface area (Å²) in [6.45, 7) is 3.02. The molecule has 3 aromatic heterocycles. The summed E-state index contributed by atoms with van der Waals surface area (Å²) >= 11 is 0. The molecule has 3 heterocycles. The monoisotopic (exact) mass is 410 g/mol. The average Bonchev–Trinajstić information content (AvgIpc) is 3.46. The summed E-state index contributed by atoms with van der Waals surface area (Å²) in [5.74, 6) is 1.95. The van der Waals surface area contributed by atoms with Crippen LogP contribution >= 0.6 is 0 Å². The molecule has 0 radical (unpaired) electrons. The van der Waals surface area contributed by atoms with Gasteiger partial charge in [0.05, 0.1) is 38.3 Å². The van der Waals surface area contributed by atoms with Crippen molar-refractivity contribution in [2.24, 2.45) is 20.0 Å². The van der Waals surface area contributed by atoms with E-state index in [2.05, 4.69) is 20.5 Å². The lowest BCUT2D eigenvalue weighted by atomic mass is 10.2. The van der Waals surface area contributed by atoms with Crippen LogP contribution in [0.2, 0.25) is 0 Å². The largest absolute Gasteiger partial charge is 0.495 e. The number of rotatable bonds is 8. The lowest BCUT2D eigenvalue weighted by Gasteiger charge is -2.11. The molecule has 1 fully saturated rings. The van der Waals surface area contributed by atoms with Crippen LogP contribution in [0.4, 0.5) is 5.69 Å². The lowest BCUT2D eigenvalue weighted by Crippen LogP contribution is -2.24. The van der Waals surface area contributed by atoms with Crippen molar-refractivity contribution in [1.29, 1.82) is 0 Å². The molecule has 1 aliphatic rings. The lowest BCUT2D eigenvalue weighted by molar-refractivity contribution is 0.278. The molecule has 1 saturated carbocycles. The summed E-state index contributed by atoms with van der Waals surface area (Å²) in [5, 5.41) is 11.6. The van der Waals surface area contributed by atoms with Crippen LogP contribution in [-0.2, 0) is 20.6 Å². The van der Waals surface area contributed by atoms with E-state index in [1.54, 1.807) is 37.3 Å². The average molecular weight is 410 g/mol. The zero-order chi connectivity index (χ0) is 21.3. The molecule has 3 aromatic rings. The maximum atomic E-state index is 12.4. The number of aryl methyl sites for hydroxylation is 3. The molecule has 9 nitrogen and oxygen atoms in total. The zero-order valence-corrected chi connectivity index (χ0v) is 17.6. The number of pyridine rings is 1. The molecule has 0 unspecified atom stereocenters. The van der Waals surface area contributed by atoms with Crippen molar-refractivity contribution < 1.29 is 9.47 Å². The van der Waals surface area contributed by atoms with E-state index in [9.17, 15) is 4.79 Å². The molecule has 1 N–H and O–H groups in total. The Hall–Kier alpha value is -3.36. The Morgan fingerprint density at radius 2 is 2.07 bits per heavy atom. The molecule has 0 aliphatic heterocycles. The number of ether oxygens (including phenoxy) is 2. The predicted molar refractivity (Wildman–Crippen MR) is 112 cm³/mol. The Morgan fingerprint density at radius 3 is 2.73 bits per heavy atom. The van der Waals surface area contributed by atoms with Gasteiger partial charge < -0.3 is 14.8 Å². The Labute approximate surface area is 174 Å². The van der Waals surface area contributed by atoms with Gasteiger partial charge in [-0.05, 0) is 31.0 Å². The van der Waals surface area contributed by atoms with E-state index in [4.69, 9.17) is 9.47 Å². The smallest absolute Gasteiger partial charge is 0.290 e. The summed E-state index contributed by atoms with van der Waals surface area (Å²) in [5.41, 5.74) is 3.39. The van der Waals surface area contributed by atoms with Crippen molar-refractivity contribution >= 4 is 5.69 Å². The molecule has 4 rings (SSSR count). The third-order valence-corrected chi connectivity index (χ3v) is 5.50. The number of anilines is 1. The van der Waals surface area contributed by atoms with E-state index >= 15 is 0 Å². The Morgan fingerprint density at radius 1 is 1.23 bits per heavy atom. The maximum absolute atomic E-state index is 12.4. The van der Waals surface area contributed by atoms with E-state index in [1.165, 1.54) is 4.68 Å². The van der Waals surface area contributed by atoms with Gasteiger partial charge in [-0.15, -0.1) is 5.10 Å². The fraction of sp³-hybridized carbons (Fsp3) is 0.429. The SMILES string of the molecule is COc1ccc([C@H]2C[C@@H]2COc2cc(NCc3c(C)cnn3C)c(=O)n(C)n2)nc1. The quantitative estimate of drug-likeness (QED) is 0.607. The predicted octanol–water partition coefficient (Wildman–Crippen LogP) is 2.02. The van der Waals surface area contributed by atoms with E-state index in [0.29, 0.717) is 36.6 Å². The highest BCUT2D eigenvalue weighted by Crippen LogP contribution is 2.46. The Balaban J connectivity index is 1.38. The van der Waals surface area contributed by atoms with Crippen LogP contribution in [0, 0.1) is 12.8 Å². The highest BCUT2D eigenvalue weighted by Gasteiger charge is 2.40. The number of aromatic nitrogens is 5. The number of nitrogens with one attached hydrogen (secondary N) is 1. The summed E-state index contributed by atoms with van der Waals surface area (Å²) in [6.07, 6.45) is 4.57. The van der Waals surface area contributed by atoms with Crippen molar-refractivity contribution in [3.63, 3.8) is 0 Å². The van der Waals surface area contributed by atoms with Gasteiger partial charge in [-0.3, -0.25) is 14.5 Å². The first kappa shape index (κ1) is 19.9. The van der Waals surface area contributed by atoms with Gasteiger partial charge in [0.1, 0.15) is 11.4 Å². The van der Waals surface area contributed by atoms with E-state index in [0.717, 1.165) is 29.1 Å². The first-order valence-corrected chi connectivity index (χ1v) is 9.88. The maximum Gasteiger partial charge on any atom is 0.290 e. The fourth-order valence-electron chi connectivity index (χ4n) is 3.50. The van der Waals surface area contributed by atoms with Crippen molar-refractivity contribution in [3.8, 4) is 11.6 Å². The van der Waals surface area contributed by atoms with Crippen molar-refractivity contribution in [1.82, 2.24) is 24.5 Å². The van der Waals surface area contributed by atoms with Crippen LogP contribution in [0.15, 0.2) is 35.4 Å². The molecule has 9 heteroatoms. The molecule has 0 spiro atoms. The van der Waals surface area contributed by atoms with Crippen LogP contribution in [0.5, 0.6) is 11.6 Å². The van der Waals surface area contributed by atoms with Crippen molar-refractivity contribution in [2.45, 2.75) is 25.8 Å². The molecule has 0 aromatic carbocycles. The van der Waals surface area contributed by atoms with Crippen molar-refractivity contribution in [2.75, 3.05) is 19.0 Å². The van der Waals surface area contributed by atoms with E-state index < -0.39 is 0 Å². The molecule has 2 atom stereocenters. The second kappa shape index (κ2) is 8.17. The number of hydrogen-bond acceptors (Lipinski definition) is 7. The summed E-state index contributed by atoms with van der Waals surface area (Å²) < 4.78 is 14.2. The molecule has 0 bridgehead atoms. The number of nitrogens with zero attached hydrogens (tertiary/aromatic N) is 5. The van der Waals surface area contributed by atoms with Gasteiger partial charge in [0, 0.05) is 37.7 Å². The molecule has 1 aliphatic carbocycles. The summed E-state index contributed by atoms with van der Waals surface area (Å²) in [7, 11) is 5.13. The minimum absolute atomic E-state index is 0.200. The van der Waals surface area contributed by atoms with Crippen LogP contribution < -0.4 is 20.3 Å². The van der Waals surface area contributed by atoms with Gasteiger partial charge in [-0.2, -0.15) is 5.10 Å². The summed E-state index contributed by atoms with van der Waals surface area (Å²) in [4.78, 5) is 16.9. The fourth-order valence-corrected chi connectivity index (χ4v) is 3.50. The van der Waals surface area contributed by atoms with Gasteiger partial charge in [-0.1, -0.05) is 0 Å². The Bertz CT molecular complexity index is 1070. The first-order valence-electron chi connectivity index (χ1n) is 9.88. The highest BCUT2D eigenvalue weighted by molar-refractivity contribution is 5.44. The molecular weight excluding hydrogens is 384 g/mol. The zero-order valence-electron chi connectivity index (χ0n) is 17.6. The third kappa shape index (κ3) is 4.14. The second-order valence-electron chi connectivity index (χ2n) is 7.61. The Kier molecular flexibility index (Phi) is 5.43. The van der Waals surface area contributed by atoms with Gasteiger partial charge in [0.25, 0.3) is 5.56 Å². The third-order valence-electron chi connectivity index (χ3n) is 5.50. The van der Waals surface area contributed by atoms with Gasteiger partial charge >= 0.3 is 0 Å². The van der Waals surface area contributed by atoms with Crippen LogP contribution in [-0.4, -0.2) is 38.3 Å².